The number of hydrogen-bond donors (Lipinski definition) is 1. The van der Waals surface area contributed by atoms with Gasteiger partial charge in [0, 0.05) is 16.4 Å². The van der Waals surface area contributed by atoms with Crippen molar-refractivity contribution in [2.45, 2.75) is 62.1 Å². The van der Waals surface area contributed by atoms with Crippen molar-refractivity contribution in [3.05, 3.63) is 23.6 Å². The summed E-state index contributed by atoms with van der Waals surface area (Å²) in [7, 11) is 0. The largest absolute Gasteiger partial charge is 0.381 e. The topological polar surface area (TPSA) is 54.4 Å². The molecule has 3 nitrogen and oxygen atoms in total. The number of fused-ring (bicyclic) bond motifs is 5. The summed E-state index contributed by atoms with van der Waals surface area (Å²) in [6.07, 6.45) is 1.38. The van der Waals surface area contributed by atoms with Gasteiger partial charge in [-0.15, -0.1) is 34.8 Å². The second-order valence-corrected chi connectivity index (χ2v) is 11.3. The first-order chi connectivity index (χ1) is 13.8. The highest BCUT2D eigenvalue weighted by Crippen LogP contribution is 2.72. The molecule has 0 bridgehead atoms. The van der Waals surface area contributed by atoms with Crippen LogP contribution in [0.5, 0.6) is 0 Å². The lowest BCUT2D eigenvalue weighted by atomic mass is 9.46. The van der Waals surface area contributed by atoms with Gasteiger partial charge in [0.25, 0.3) is 0 Å². The van der Waals surface area contributed by atoms with Crippen LogP contribution in [0.25, 0.3) is 0 Å². The predicted octanol–water partition coefficient (Wildman–Crippen LogP) is 4.90. The van der Waals surface area contributed by atoms with E-state index in [0.29, 0.717) is 6.42 Å². The number of rotatable bonds is 2. The van der Waals surface area contributed by atoms with Gasteiger partial charge in [0.15, 0.2) is 11.6 Å². The van der Waals surface area contributed by atoms with E-state index in [4.69, 9.17) is 34.8 Å². The molecule has 1 N–H and O–H groups in total. The lowest BCUT2D eigenvalue weighted by molar-refractivity contribution is -0.163. The first-order valence-corrected chi connectivity index (χ1v) is 11.6. The minimum atomic E-state index is -1.71. The highest BCUT2D eigenvalue weighted by Gasteiger charge is 2.75. The van der Waals surface area contributed by atoms with Gasteiger partial charge in [-0.3, -0.25) is 9.59 Å². The molecule has 9 atom stereocenters. The third-order valence-electron chi connectivity index (χ3n) is 8.79. The van der Waals surface area contributed by atoms with Gasteiger partial charge < -0.3 is 5.11 Å². The van der Waals surface area contributed by atoms with Crippen LogP contribution in [0, 0.1) is 28.6 Å². The van der Waals surface area contributed by atoms with E-state index in [1.165, 1.54) is 6.08 Å². The molecule has 8 heteroatoms. The van der Waals surface area contributed by atoms with Crippen molar-refractivity contribution in [2.24, 2.45) is 28.6 Å². The quantitative estimate of drug-likeness (QED) is 0.571. The summed E-state index contributed by atoms with van der Waals surface area (Å²) in [6, 6.07) is 0. The van der Waals surface area contributed by atoms with Gasteiger partial charge in [-0.25, -0.2) is 8.78 Å². The van der Waals surface area contributed by atoms with E-state index in [0.717, 1.165) is 6.08 Å². The maximum atomic E-state index is 15.4. The minimum absolute atomic E-state index is 0.121. The number of hydrogen-bond acceptors (Lipinski definition) is 3. The zero-order valence-corrected chi connectivity index (χ0v) is 19.3. The van der Waals surface area contributed by atoms with Crippen molar-refractivity contribution < 1.29 is 23.5 Å². The van der Waals surface area contributed by atoms with Gasteiger partial charge in [0.1, 0.15) is 11.8 Å². The second-order valence-electron chi connectivity index (χ2n) is 9.86. The third kappa shape index (κ3) is 2.36. The Morgan fingerprint density at radius 2 is 1.93 bits per heavy atom. The average Bonchev–Trinajstić information content (AvgIpc) is 2.88. The Morgan fingerprint density at radius 1 is 1.30 bits per heavy atom. The molecule has 0 aromatic carbocycles. The fourth-order valence-corrected chi connectivity index (χ4v) is 8.66. The Morgan fingerprint density at radius 3 is 2.53 bits per heavy atom. The van der Waals surface area contributed by atoms with E-state index in [2.05, 4.69) is 0 Å². The van der Waals surface area contributed by atoms with Gasteiger partial charge in [-0.1, -0.05) is 26.8 Å². The van der Waals surface area contributed by atoms with Crippen molar-refractivity contribution in [2.75, 3.05) is 5.88 Å². The molecule has 4 aliphatic carbocycles. The van der Waals surface area contributed by atoms with Crippen molar-refractivity contribution in [3.8, 4) is 0 Å². The van der Waals surface area contributed by atoms with E-state index in [-0.39, 0.29) is 30.2 Å². The summed E-state index contributed by atoms with van der Waals surface area (Å²) in [6.45, 7) is 5.22. The van der Waals surface area contributed by atoms with E-state index in [9.17, 15) is 19.1 Å². The third-order valence-corrected chi connectivity index (χ3v) is 10.6. The standard InChI is InChI=1S/C22H25Cl3F2O3/c1-10-6-11-12-7-13(26)17-18(27)14(28)4-5-19(17,2)21(12,25)15(24)8-20(11,3)22(10,30)16(29)9-23/h4-5,10-13,15,30H,6-9H2,1-3H3/t10?,11-,12-,13?,15?,19-,20-,21-,22-/m0/s1. The van der Waals surface area contributed by atoms with Gasteiger partial charge in [-0.2, -0.15) is 0 Å². The SMILES string of the molecule is CC1C[C@H]2[C@@H]3CC(F)C4=C(F)C(=O)C=C[C@]4(C)[C@@]3(Cl)C(Cl)C[C@]2(C)[C@@]1(O)C(=O)CCl. The fraction of sp³-hybridized carbons (Fsp3) is 0.727. The zero-order chi connectivity index (χ0) is 22.4. The molecule has 4 aliphatic rings. The Kier molecular flexibility index (Phi) is 5.11. The van der Waals surface area contributed by atoms with Gasteiger partial charge in [0.05, 0.1) is 16.1 Å². The summed E-state index contributed by atoms with van der Waals surface area (Å²) in [5.41, 5.74) is -4.19. The highest BCUT2D eigenvalue weighted by molar-refractivity contribution is 6.34. The van der Waals surface area contributed by atoms with Crippen LogP contribution < -0.4 is 0 Å². The maximum absolute atomic E-state index is 15.4. The Balaban J connectivity index is 1.89. The molecule has 0 aromatic heterocycles. The van der Waals surface area contributed by atoms with Crippen LogP contribution in [0.2, 0.25) is 0 Å². The molecule has 3 saturated carbocycles. The number of ketones is 2. The van der Waals surface area contributed by atoms with Gasteiger partial charge in [-0.05, 0) is 43.1 Å². The predicted molar refractivity (Wildman–Crippen MR) is 112 cm³/mol. The Bertz CT molecular complexity index is 891. The monoisotopic (exact) mass is 480 g/mol. The van der Waals surface area contributed by atoms with Crippen LogP contribution in [0.4, 0.5) is 8.78 Å². The van der Waals surface area contributed by atoms with Crippen LogP contribution in [-0.4, -0.2) is 44.6 Å². The van der Waals surface area contributed by atoms with E-state index in [1.54, 1.807) is 20.8 Å². The normalized spacial score (nSPS) is 52.7. The van der Waals surface area contributed by atoms with Crippen LogP contribution in [0.15, 0.2) is 23.6 Å². The Hall–Kier alpha value is -0.490. The summed E-state index contributed by atoms with van der Waals surface area (Å²) >= 11 is 20.0. The molecule has 4 rings (SSSR count). The average molecular weight is 482 g/mol. The number of halogens is 5. The van der Waals surface area contributed by atoms with Crippen LogP contribution in [0.3, 0.4) is 0 Å². The molecule has 0 saturated heterocycles. The van der Waals surface area contributed by atoms with Crippen molar-refractivity contribution in [1.82, 2.24) is 0 Å². The lowest BCUT2D eigenvalue weighted by Gasteiger charge is -2.64. The molecule has 0 heterocycles. The summed E-state index contributed by atoms with van der Waals surface area (Å²) in [5, 5.41) is 10.8. The summed E-state index contributed by atoms with van der Waals surface area (Å²) in [4.78, 5) is 23.4. The van der Waals surface area contributed by atoms with E-state index in [1.807, 2.05) is 0 Å². The number of carbonyl (C=O) groups excluding carboxylic acids is 2. The number of Topliss-reactive ketones (excluding diaryl/α,β-unsaturated/α-hetero) is 1. The number of aliphatic hydroxyl groups is 1. The van der Waals surface area contributed by atoms with E-state index >= 15 is 4.39 Å². The molecule has 0 spiro atoms. The maximum Gasteiger partial charge on any atom is 0.213 e. The van der Waals surface area contributed by atoms with Gasteiger partial charge in [0.2, 0.25) is 5.78 Å². The van der Waals surface area contributed by atoms with Crippen molar-refractivity contribution in [3.63, 3.8) is 0 Å². The number of carbonyl (C=O) groups is 2. The number of allylic oxidation sites excluding steroid dienone is 4. The fourth-order valence-electron chi connectivity index (χ4n) is 7.26. The zero-order valence-electron chi connectivity index (χ0n) is 17.0. The molecule has 0 amide bonds. The molecule has 0 radical (unpaired) electrons. The summed E-state index contributed by atoms with van der Waals surface area (Å²) in [5.74, 6) is -4.04. The molecule has 3 unspecified atom stereocenters. The second kappa shape index (κ2) is 6.76. The smallest absolute Gasteiger partial charge is 0.213 e. The van der Waals surface area contributed by atoms with Crippen molar-refractivity contribution >= 4 is 46.4 Å². The first kappa shape index (κ1) is 22.7. The number of alkyl halides is 4. The van der Waals surface area contributed by atoms with Crippen molar-refractivity contribution in [1.29, 1.82) is 0 Å². The molecular formula is C22H25Cl3F2O3. The lowest BCUT2D eigenvalue weighted by Crippen LogP contribution is -2.69. The van der Waals surface area contributed by atoms with Crippen LogP contribution >= 0.6 is 34.8 Å². The minimum Gasteiger partial charge on any atom is -0.381 e. The molecule has 166 valence electrons. The van der Waals surface area contributed by atoms with Crippen LogP contribution in [0.1, 0.15) is 40.0 Å². The summed E-state index contributed by atoms with van der Waals surface area (Å²) < 4.78 is 30.2. The molecular weight excluding hydrogens is 457 g/mol. The van der Waals surface area contributed by atoms with Crippen LogP contribution in [-0.2, 0) is 9.59 Å². The van der Waals surface area contributed by atoms with Gasteiger partial charge >= 0.3 is 0 Å². The molecule has 0 aliphatic heterocycles. The van der Waals surface area contributed by atoms with E-state index < -0.39 is 62.1 Å². The first-order valence-electron chi connectivity index (χ1n) is 10.2. The molecule has 0 aromatic rings. The Labute approximate surface area is 189 Å². The molecule has 30 heavy (non-hydrogen) atoms. The molecule has 3 fully saturated rings. The highest BCUT2D eigenvalue weighted by atomic mass is 35.5.